The van der Waals surface area contributed by atoms with Crippen LogP contribution in [0, 0.1) is 0 Å². The van der Waals surface area contributed by atoms with Crippen LogP contribution in [0.15, 0.2) is 18.2 Å². The maximum atomic E-state index is 12.0. The number of benzene rings is 1. The molecule has 0 heterocycles. The van der Waals surface area contributed by atoms with Crippen molar-refractivity contribution < 1.29 is 19.1 Å². The predicted octanol–water partition coefficient (Wildman–Crippen LogP) is 2.58. The number of carbonyl (C=O) groups is 2. The highest BCUT2D eigenvalue weighted by Gasteiger charge is 2.12. The van der Waals surface area contributed by atoms with Crippen molar-refractivity contribution in [3.63, 3.8) is 0 Å². The molecule has 0 saturated carbocycles. The first kappa shape index (κ1) is 19.8. The number of nitrogens with one attached hydrogen (secondary N) is 2. The van der Waals surface area contributed by atoms with Crippen LogP contribution in [0.2, 0.25) is 0 Å². The van der Waals surface area contributed by atoms with E-state index in [1.807, 2.05) is 25.1 Å². The van der Waals surface area contributed by atoms with Crippen molar-refractivity contribution in [1.29, 1.82) is 0 Å². The van der Waals surface area contributed by atoms with Crippen LogP contribution in [-0.4, -0.2) is 32.6 Å². The minimum Gasteiger partial charge on any atom is -0.493 e. The Balaban J connectivity index is 2.37. The monoisotopic (exact) mass is 336 g/mol. The lowest BCUT2D eigenvalue weighted by Gasteiger charge is -2.16. The zero-order chi connectivity index (χ0) is 17.9. The third kappa shape index (κ3) is 6.89. The van der Waals surface area contributed by atoms with Gasteiger partial charge in [-0.3, -0.25) is 9.59 Å². The average Bonchev–Trinajstić information content (AvgIpc) is 2.56. The van der Waals surface area contributed by atoms with Gasteiger partial charge in [-0.25, -0.2) is 0 Å². The van der Waals surface area contributed by atoms with Gasteiger partial charge in [-0.1, -0.05) is 12.5 Å². The number of hydrogen-bond donors (Lipinski definition) is 2. The molecule has 0 bridgehead atoms. The summed E-state index contributed by atoms with van der Waals surface area (Å²) in [5, 5.41) is 5.73. The van der Waals surface area contributed by atoms with Crippen molar-refractivity contribution >= 4 is 11.8 Å². The van der Waals surface area contributed by atoms with Crippen LogP contribution in [0.3, 0.4) is 0 Å². The second-order valence-electron chi connectivity index (χ2n) is 5.70. The van der Waals surface area contributed by atoms with E-state index < -0.39 is 0 Å². The molecule has 1 unspecified atom stereocenters. The van der Waals surface area contributed by atoms with Crippen molar-refractivity contribution in [2.24, 2.45) is 0 Å². The fourth-order valence-electron chi connectivity index (χ4n) is 2.37. The molecule has 1 rings (SSSR count). The molecule has 6 heteroatoms. The van der Waals surface area contributed by atoms with Crippen LogP contribution in [0.5, 0.6) is 11.5 Å². The van der Waals surface area contributed by atoms with Gasteiger partial charge in [0.25, 0.3) is 0 Å². The first-order valence-electron chi connectivity index (χ1n) is 8.23. The molecule has 0 aromatic heterocycles. The molecular weight excluding hydrogens is 308 g/mol. The lowest BCUT2D eigenvalue weighted by Crippen LogP contribution is -2.26. The topological polar surface area (TPSA) is 76.7 Å². The normalized spacial score (nSPS) is 11.5. The molecule has 1 atom stereocenters. The number of hydrogen-bond acceptors (Lipinski definition) is 4. The number of carbonyl (C=O) groups excluding carboxylic acids is 2. The van der Waals surface area contributed by atoms with Gasteiger partial charge in [-0.2, -0.15) is 0 Å². The van der Waals surface area contributed by atoms with Crippen LogP contribution < -0.4 is 20.1 Å². The van der Waals surface area contributed by atoms with Gasteiger partial charge in [-0.15, -0.1) is 0 Å². The second kappa shape index (κ2) is 10.5. The first-order chi connectivity index (χ1) is 11.5. The van der Waals surface area contributed by atoms with E-state index in [1.54, 1.807) is 14.2 Å². The molecule has 0 aliphatic carbocycles. The Morgan fingerprint density at radius 1 is 1.08 bits per heavy atom. The van der Waals surface area contributed by atoms with Crippen LogP contribution in [0.25, 0.3) is 0 Å². The predicted molar refractivity (Wildman–Crippen MR) is 93.3 cm³/mol. The van der Waals surface area contributed by atoms with Gasteiger partial charge in [0.15, 0.2) is 11.5 Å². The number of ether oxygens (including phenoxy) is 2. The molecule has 1 aromatic carbocycles. The van der Waals surface area contributed by atoms with Crippen LogP contribution in [0.4, 0.5) is 0 Å². The second-order valence-corrected chi connectivity index (χ2v) is 5.70. The third-order valence-corrected chi connectivity index (χ3v) is 3.74. The van der Waals surface area contributed by atoms with Gasteiger partial charge in [0.1, 0.15) is 0 Å². The summed E-state index contributed by atoms with van der Waals surface area (Å²) >= 11 is 0. The van der Waals surface area contributed by atoms with Crippen molar-refractivity contribution in [3.05, 3.63) is 23.8 Å². The van der Waals surface area contributed by atoms with Crippen LogP contribution in [-0.2, 0) is 9.59 Å². The third-order valence-electron chi connectivity index (χ3n) is 3.74. The Morgan fingerprint density at radius 2 is 1.79 bits per heavy atom. The Bertz CT molecular complexity index is 546. The van der Waals surface area contributed by atoms with Gasteiger partial charge in [-0.05, 0) is 37.5 Å². The van der Waals surface area contributed by atoms with Crippen molar-refractivity contribution in [2.75, 3.05) is 20.8 Å². The molecule has 0 aliphatic rings. The van der Waals surface area contributed by atoms with E-state index >= 15 is 0 Å². The van der Waals surface area contributed by atoms with E-state index in [0.717, 1.165) is 24.8 Å². The maximum Gasteiger partial charge on any atom is 0.220 e. The lowest BCUT2D eigenvalue weighted by molar-refractivity contribution is -0.122. The fourth-order valence-corrected chi connectivity index (χ4v) is 2.37. The average molecular weight is 336 g/mol. The minimum atomic E-state index is -0.100. The van der Waals surface area contributed by atoms with E-state index in [4.69, 9.17) is 9.47 Å². The van der Waals surface area contributed by atoms with Gasteiger partial charge in [0, 0.05) is 19.9 Å². The summed E-state index contributed by atoms with van der Waals surface area (Å²) in [6, 6.07) is 5.52. The van der Waals surface area contributed by atoms with E-state index in [1.165, 1.54) is 6.92 Å². The molecular formula is C18H28N2O4. The zero-order valence-corrected chi connectivity index (χ0v) is 15.0. The van der Waals surface area contributed by atoms with Gasteiger partial charge in [0.2, 0.25) is 11.8 Å². The van der Waals surface area contributed by atoms with Crippen LogP contribution in [0.1, 0.15) is 51.1 Å². The molecule has 24 heavy (non-hydrogen) atoms. The van der Waals surface area contributed by atoms with Crippen LogP contribution >= 0.6 is 0 Å². The van der Waals surface area contributed by atoms with Gasteiger partial charge >= 0.3 is 0 Å². The summed E-state index contributed by atoms with van der Waals surface area (Å²) in [6.07, 6.45) is 3.10. The van der Waals surface area contributed by atoms with Crippen molar-refractivity contribution in [1.82, 2.24) is 10.6 Å². The zero-order valence-electron chi connectivity index (χ0n) is 15.0. The largest absolute Gasteiger partial charge is 0.493 e. The molecule has 134 valence electrons. The summed E-state index contributed by atoms with van der Waals surface area (Å²) < 4.78 is 10.5. The van der Waals surface area contributed by atoms with Crippen molar-refractivity contribution in [3.8, 4) is 11.5 Å². The van der Waals surface area contributed by atoms with Gasteiger partial charge < -0.3 is 20.1 Å². The molecule has 0 fully saturated rings. The Morgan fingerprint density at radius 3 is 2.42 bits per heavy atom. The Hall–Kier alpha value is -2.24. The smallest absolute Gasteiger partial charge is 0.220 e. The molecule has 0 spiro atoms. The SMILES string of the molecule is COc1ccc(C(C)NC(=O)CCCCCNC(C)=O)cc1OC. The van der Waals surface area contributed by atoms with E-state index in [2.05, 4.69) is 10.6 Å². The molecule has 2 N–H and O–H groups in total. The molecule has 0 aliphatic heterocycles. The summed E-state index contributed by atoms with van der Waals surface area (Å²) in [6.45, 7) is 4.11. The summed E-state index contributed by atoms with van der Waals surface area (Å²) in [4.78, 5) is 22.7. The van der Waals surface area contributed by atoms with Gasteiger partial charge in [0.05, 0.1) is 20.3 Å². The van der Waals surface area contributed by atoms with E-state index in [0.29, 0.717) is 24.5 Å². The molecule has 6 nitrogen and oxygen atoms in total. The summed E-state index contributed by atoms with van der Waals surface area (Å²) in [5.41, 5.74) is 0.964. The molecule has 1 aromatic rings. The molecule has 0 radical (unpaired) electrons. The summed E-state index contributed by atoms with van der Waals surface area (Å²) in [5.74, 6) is 1.32. The molecule has 0 saturated heterocycles. The molecule has 2 amide bonds. The Kier molecular flexibility index (Phi) is 8.68. The van der Waals surface area contributed by atoms with E-state index in [9.17, 15) is 9.59 Å². The minimum absolute atomic E-state index is 0.0171. The quantitative estimate of drug-likeness (QED) is 0.644. The summed E-state index contributed by atoms with van der Waals surface area (Å²) in [7, 11) is 3.18. The standard InChI is InChI=1S/C18H28N2O4/c1-13(15-9-10-16(23-3)17(12-15)24-4)20-18(22)8-6-5-7-11-19-14(2)21/h9-10,12-13H,5-8,11H2,1-4H3,(H,19,21)(H,20,22). The van der Waals surface area contributed by atoms with E-state index in [-0.39, 0.29) is 17.9 Å². The highest BCUT2D eigenvalue weighted by atomic mass is 16.5. The maximum absolute atomic E-state index is 12.0. The highest BCUT2D eigenvalue weighted by Crippen LogP contribution is 2.29. The number of rotatable bonds is 10. The number of unbranched alkanes of at least 4 members (excludes halogenated alkanes) is 2. The number of amides is 2. The fraction of sp³-hybridized carbons (Fsp3) is 0.556. The van der Waals surface area contributed by atoms with Crippen molar-refractivity contribution in [2.45, 2.75) is 45.6 Å². The Labute approximate surface area is 143 Å². The first-order valence-corrected chi connectivity index (χ1v) is 8.23. The number of methoxy groups -OCH3 is 2. The highest BCUT2D eigenvalue weighted by molar-refractivity contribution is 5.76. The lowest BCUT2D eigenvalue weighted by atomic mass is 10.1.